The first-order valence-electron chi connectivity index (χ1n) is 10.6. The highest BCUT2D eigenvalue weighted by molar-refractivity contribution is 5.76. The molecule has 1 saturated heterocycles. The molecule has 0 atom stereocenters. The third kappa shape index (κ3) is 4.29. The number of hydrogen-bond donors (Lipinski definition) is 1. The van der Waals surface area contributed by atoms with Crippen molar-refractivity contribution < 1.29 is 4.79 Å². The topological polar surface area (TPSA) is 70.1 Å². The van der Waals surface area contributed by atoms with E-state index in [9.17, 15) is 4.79 Å². The summed E-state index contributed by atoms with van der Waals surface area (Å²) in [5.74, 6) is 0.711. The normalized spacial score (nSPS) is 17.9. The molecular formula is C21H32N6O. The van der Waals surface area contributed by atoms with Crippen LogP contribution in [0.4, 0.5) is 0 Å². The molecule has 0 unspecified atom stereocenters. The van der Waals surface area contributed by atoms with E-state index in [0.29, 0.717) is 18.9 Å². The van der Waals surface area contributed by atoms with Crippen LogP contribution in [0.5, 0.6) is 0 Å². The van der Waals surface area contributed by atoms with Crippen molar-refractivity contribution in [3.63, 3.8) is 0 Å². The number of nitrogens with zero attached hydrogens (tertiary/aromatic N) is 5. The summed E-state index contributed by atoms with van der Waals surface area (Å²) in [5, 5.41) is 12.2. The van der Waals surface area contributed by atoms with Crippen LogP contribution in [0, 0.1) is 0 Å². The lowest BCUT2D eigenvalue weighted by atomic mass is 9.93. The van der Waals surface area contributed by atoms with Gasteiger partial charge in [-0.25, -0.2) is 0 Å². The Labute approximate surface area is 167 Å². The molecule has 0 aromatic carbocycles. The predicted octanol–water partition coefficient (Wildman–Crippen LogP) is 2.34. The minimum absolute atomic E-state index is 0.258. The summed E-state index contributed by atoms with van der Waals surface area (Å²) < 4.78 is 2.06. The predicted molar refractivity (Wildman–Crippen MR) is 108 cm³/mol. The van der Waals surface area contributed by atoms with E-state index in [1.165, 1.54) is 24.1 Å². The van der Waals surface area contributed by atoms with Gasteiger partial charge in [-0.15, -0.1) is 0 Å². The standard InChI is InChI=1S/C21H32N6O/c1-25(2)15-18-13-19(24-23-18)16-7-10-26(11-8-16)21(28)9-12-27-20-6-4-3-5-17(20)14-22-27/h13-14,16H,3-12,15H2,1-2H3,(H,23,24). The number of fused-ring (bicyclic) bond motifs is 1. The van der Waals surface area contributed by atoms with Gasteiger partial charge in [0, 0.05) is 49.9 Å². The van der Waals surface area contributed by atoms with E-state index in [4.69, 9.17) is 0 Å². The van der Waals surface area contributed by atoms with Crippen LogP contribution in [0.1, 0.15) is 60.7 Å². The average Bonchev–Trinajstić information content (AvgIpc) is 3.33. The van der Waals surface area contributed by atoms with Crippen LogP contribution in [-0.2, 0) is 30.7 Å². The molecule has 7 heteroatoms. The van der Waals surface area contributed by atoms with Gasteiger partial charge in [0.25, 0.3) is 0 Å². The highest BCUT2D eigenvalue weighted by atomic mass is 16.2. The third-order valence-corrected chi connectivity index (χ3v) is 6.09. The molecular weight excluding hydrogens is 352 g/mol. The highest BCUT2D eigenvalue weighted by Crippen LogP contribution is 2.27. The summed E-state index contributed by atoms with van der Waals surface area (Å²) in [4.78, 5) is 16.8. The molecule has 152 valence electrons. The highest BCUT2D eigenvalue weighted by Gasteiger charge is 2.25. The molecule has 0 spiro atoms. The lowest BCUT2D eigenvalue weighted by Crippen LogP contribution is -2.38. The van der Waals surface area contributed by atoms with Crippen molar-refractivity contribution in [2.75, 3.05) is 27.2 Å². The molecule has 7 nitrogen and oxygen atoms in total. The molecule has 1 N–H and O–H groups in total. The molecule has 4 rings (SSSR count). The van der Waals surface area contributed by atoms with E-state index < -0.39 is 0 Å². The van der Waals surface area contributed by atoms with Crippen LogP contribution >= 0.6 is 0 Å². The van der Waals surface area contributed by atoms with Crippen molar-refractivity contribution >= 4 is 5.91 Å². The van der Waals surface area contributed by atoms with Gasteiger partial charge in [-0.05, 0) is 64.3 Å². The number of hydrogen-bond acceptors (Lipinski definition) is 4. The minimum Gasteiger partial charge on any atom is -0.343 e. The summed E-state index contributed by atoms with van der Waals surface area (Å²) in [5.41, 5.74) is 5.03. The average molecular weight is 385 g/mol. The largest absolute Gasteiger partial charge is 0.343 e. The third-order valence-electron chi connectivity index (χ3n) is 6.09. The Kier molecular flexibility index (Phi) is 5.80. The van der Waals surface area contributed by atoms with Crippen molar-refractivity contribution in [2.45, 2.75) is 64.0 Å². The number of carbonyl (C=O) groups is 1. The fourth-order valence-corrected chi connectivity index (χ4v) is 4.54. The van der Waals surface area contributed by atoms with Crippen LogP contribution in [0.3, 0.4) is 0 Å². The van der Waals surface area contributed by atoms with Crippen molar-refractivity contribution in [1.82, 2.24) is 29.8 Å². The number of amides is 1. The van der Waals surface area contributed by atoms with E-state index in [-0.39, 0.29) is 5.91 Å². The van der Waals surface area contributed by atoms with Gasteiger partial charge in [0.15, 0.2) is 0 Å². The first-order chi connectivity index (χ1) is 13.6. The maximum absolute atomic E-state index is 12.7. The second-order valence-electron chi connectivity index (χ2n) is 8.51. The molecule has 1 amide bonds. The van der Waals surface area contributed by atoms with Gasteiger partial charge >= 0.3 is 0 Å². The fourth-order valence-electron chi connectivity index (χ4n) is 4.54. The van der Waals surface area contributed by atoms with Crippen LogP contribution < -0.4 is 0 Å². The summed E-state index contributed by atoms with van der Waals surface area (Å²) in [6.07, 6.45) is 9.29. The summed E-state index contributed by atoms with van der Waals surface area (Å²) in [7, 11) is 4.12. The Morgan fingerprint density at radius 2 is 2.04 bits per heavy atom. The number of likely N-dealkylation sites (tertiary alicyclic amines) is 1. The van der Waals surface area contributed by atoms with E-state index in [1.807, 2.05) is 11.1 Å². The maximum Gasteiger partial charge on any atom is 0.224 e. The second kappa shape index (κ2) is 8.47. The number of aromatic nitrogens is 4. The lowest BCUT2D eigenvalue weighted by Gasteiger charge is -2.31. The lowest BCUT2D eigenvalue weighted by molar-refractivity contribution is -0.132. The van der Waals surface area contributed by atoms with Gasteiger partial charge in [-0.1, -0.05) is 0 Å². The first-order valence-corrected chi connectivity index (χ1v) is 10.6. The number of carbonyl (C=O) groups excluding carboxylic acids is 1. The summed E-state index contributed by atoms with van der Waals surface area (Å²) in [6, 6.07) is 2.18. The SMILES string of the molecule is CN(C)Cc1cc(C2CCN(C(=O)CCn3ncc4c3CCCC4)CC2)n[nH]1. The Balaban J connectivity index is 1.26. The van der Waals surface area contributed by atoms with Crippen LogP contribution in [0.25, 0.3) is 0 Å². The molecule has 0 saturated carbocycles. The van der Waals surface area contributed by atoms with E-state index in [1.54, 1.807) is 0 Å². The zero-order chi connectivity index (χ0) is 19.5. The van der Waals surface area contributed by atoms with Crippen LogP contribution in [0.15, 0.2) is 12.3 Å². The summed E-state index contributed by atoms with van der Waals surface area (Å²) >= 11 is 0. The fraction of sp³-hybridized carbons (Fsp3) is 0.667. The Hall–Kier alpha value is -2.15. The number of rotatable bonds is 6. The van der Waals surface area contributed by atoms with Gasteiger partial charge in [-0.2, -0.15) is 10.2 Å². The molecule has 2 aliphatic rings. The Bertz CT molecular complexity index is 800. The van der Waals surface area contributed by atoms with E-state index >= 15 is 0 Å². The molecule has 3 heterocycles. The number of nitrogens with one attached hydrogen (secondary N) is 1. The maximum atomic E-state index is 12.7. The summed E-state index contributed by atoms with van der Waals surface area (Å²) in [6.45, 7) is 3.25. The number of piperidine rings is 1. The smallest absolute Gasteiger partial charge is 0.224 e. The minimum atomic E-state index is 0.258. The quantitative estimate of drug-likeness (QED) is 0.830. The van der Waals surface area contributed by atoms with Gasteiger partial charge in [0.1, 0.15) is 0 Å². The molecule has 0 bridgehead atoms. The molecule has 0 radical (unpaired) electrons. The molecule has 28 heavy (non-hydrogen) atoms. The van der Waals surface area contributed by atoms with Crippen molar-refractivity contribution in [2.24, 2.45) is 0 Å². The molecule has 2 aromatic heterocycles. The van der Waals surface area contributed by atoms with Crippen LogP contribution in [0.2, 0.25) is 0 Å². The van der Waals surface area contributed by atoms with E-state index in [0.717, 1.165) is 56.7 Å². The monoisotopic (exact) mass is 384 g/mol. The van der Waals surface area contributed by atoms with Crippen molar-refractivity contribution in [3.05, 3.63) is 34.9 Å². The Morgan fingerprint density at radius 3 is 2.82 bits per heavy atom. The second-order valence-corrected chi connectivity index (χ2v) is 8.51. The number of aromatic amines is 1. The molecule has 1 aliphatic heterocycles. The van der Waals surface area contributed by atoms with Crippen LogP contribution in [-0.4, -0.2) is 62.9 Å². The van der Waals surface area contributed by atoms with Gasteiger partial charge in [0.2, 0.25) is 5.91 Å². The Morgan fingerprint density at radius 1 is 1.25 bits per heavy atom. The number of aryl methyl sites for hydroxylation is 2. The first kappa shape index (κ1) is 19.2. The van der Waals surface area contributed by atoms with Crippen molar-refractivity contribution in [1.29, 1.82) is 0 Å². The zero-order valence-electron chi connectivity index (χ0n) is 17.2. The van der Waals surface area contributed by atoms with Crippen molar-refractivity contribution in [3.8, 4) is 0 Å². The van der Waals surface area contributed by atoms with E-state index in [2.05, 4.69) is 45.0 Å². The van der Waals surface area contributed by atoms with Gasteiger partial charge in [-0.3, -0.25) is 14.6 Å². The van der Waals surface area contributed by atoms with Gasteiger partial charge < -0.3 is 9.80 Å². The van der Waals surface area contributed by atoms with Gasteiger partial charge in [0.05, 0.1) is 11.9 Å². The zero-order valence-corrected chi connectivity index (χ0v) is 17.2. The molecule has 2 aromatic rings. The molecule has 1 aliphatic carbocycles. The molecule has 1 fully saturated rings. The number of H-pyrrole nitrogens is 1.